The first-order valence-electron chi connectivity index (χ1n) is 9.20. The molecule has 2 aromatic carbocycles. The SMILES string of the molecule is CC(Cc1cc2ccccc2[nH]1)N(C)Cc1ccc(-c2ccc(Cl)cc2)o1. The van der Waals surface area contributed by atoms with Gasteiger partial charge in [0.15, 0.2) is 0 Å². The Balaban J connectivity index is 1.40. The summed E-state index contributed by atoms with van der Waals surface area (Å²) in [6, 6.07) is 22.8. The maximum absolute atomic E-state index is 6.04. The van der Waals surface area contributed by atoms with Crippen LogP contribution in [0, 0.1) is 0 Å². The van der Waals surface area contributed by atoms with Crippen molar-refractivity contribution in [3.05, 3.63) is 83.2 Å². The van der Waals surface area contributed by atoms with E-state index in [1.54, 1.807) is 0 Å². The quantitative estimate of drug-likeness (QED) is 0.436. The molecule has 0 amide bonds. The lowest BCUT2D eigenvalue weighted by Gasteiger charge is -2.23. The van der Waals surface area contributed by atoms with E-state index in [2.05, 4.69) is 60.3 Å². The Morgan fingerprint density at radius 2 is 1.81 bits per heavy atom. The van der Waals surface area contributed by atoms with Gasteiger partial charge in [-0.1, -0.05) is 29.8 Å². The molecule has 0 bridgehead atoms. The highest BCUT2D eigenvalue weighted by Crippen LogP contribution is 2.25. The molecule has 4 heteroatoms. The van der Waals surface area contributed by atoms with Gasteiger partial charge in [0.2, 0.25) is 0 Å². The third-order valence-corrected chi connectivity index (χ3v) is 5.30. The Morgan fingerprint density at radius 3 is 2.59 bits per heavy atom. The highest BCUT2D eigenvalue weighted by molar-refractivity contribution is 6.30. The fourth-order valence-corrected chi connectivity index (χ4v) is 3.48. The number of rotatable bonds is 6. The third kappa shape index (κ3) is 4.10. The van der Waals surface area contributed by atoms with Crippen LogP contribution in [0.4, 0.5) is 0 Å². The molecule has 0 aliphatic carbocycles. The van der Waals surface area contributed by atoms with Gasteiger partial charge in [-0.05, 0) is 67.9 Å². The zero-order chi connectivity index (χ0) is 18.8. The Morgan fingerprint density at radius 1 is 1.04 bits per heavy atom. The van der Waals surface area contributed by atoms with Gasteiger partial charge in [0, 0.05) is 34.3 Å². The van der Waals surface area contributed by atoms with E-state index in [-0.39, 0.29) is 0 Å². The van der Waals surface area contributed by atoms with Gasteiger partial charge in [-0.2, -0.15) is 0 Å². The highest BCUT2D eigenvalue weighted by Gasteiger charge is 2.14. The first-order chi connectivity index (χ1) is 13.1. The van der Waals surface area contributed by atoms with Crippen LogP contribution in [-0.4, -0.2) is 23.0 Å². The van der Waals surface area contributed by atoms with Crippen molar-refractivity contribution >= 4 is 22.5 Å². The molecule has 3 nitrogen and oxygen atoms in total. The molecule has 0 saturated carbocycles. The second kappa shape index (κ2) is 7.63. The van der Waals surface area contributed by atoms with Crippen molar-refractivity contribution < 1.29 is 4.42 Å². The molecule has 0 fully saturated rings. The number of hydrogen-bond acceptors (Lipinski definition) is 2. The molecule has 0 aliphatic rings. The molecule has 4 rings (SSSR count). The number of likely N-dealkylation sites (N-methyl/N-ethyl adjacent to an activating group) is 1. The average Bonchev–Trinajstić information content (AvgIpc) is 3.28. The van der Waals surface area contributed by atoms with Crippen LogP contribution >= 0.6 is 11.6 Å². The minimum Gasteiger partial charge on any atom is -0.460 e. The average molecular weight is 379 g/mol. The van der Waals surface area contributed by atoms with Crippen LogP contribution in [0.3, 0.4) is 0 Å². The van der Waals surface area contributed by atoms with E-state index >= 15 is 0 Å². The summed E-state index contributed by atoms with van der Waals surface area (Å²) in [5, 5.41) is 2.00. The Bertz CT molecular complexity index is 999. The van der Waals surface area contributed by atoms with Crippen LogP contribution in [0.15, 0.2) is 71.1 Å². The number of hydrogen-bond donors (Lipinski definition) is 1. The Kier molecular flexibility index (Phi) is 5.06. The van der Waals surface area contributed by atoms with E-state index in [4.69, 9.17) is 16.0 Å². The molecule has 2 heterocycles. The molecule has 0 radical (unpaired) electrons. The number of nitrogens with zero attached hydrogens (tertiary/aromatic N) is 1. The summed E-state index contributed by atoms with van der Waals surface area (Å²) < 4.78 is 6.04. The van der Waals surface area contributed by atoms with Gasteiger partial charge in [0.25, 0.3) is 0 Å². The van der Waals surface area contributed by atoms with E-state index in [0.717, 1.165) is 35.1 Å². The summed E-state index contributed by atoms with van der Waals surface area (Å²) in [5.74, 6) is 1.84. The van der Waals surface area contributed by atoms with E-state index in [9.17, 15) is 0 Å². The molecule has 0 spiro atoms. The number of halogens is 1. The molecule has 138 valence electrons. The predicted molar refractivity (Wildman–Crippen MR) is 112 cm³/mol. The van der Waals surface area contributed by atoms with Crippen molar-refractivity contribution in [1.82, 2.24) is 9.88 Å². The zero-order valence-corrected chi connectivity index (χ0v) is 16.3. The summed E-state index contributed by atoms with van der Waals surface area (Å²) in [7, 11) is 2.14. The number of para-hydroxylation sites is 1. The molecular formula is C23H23ClN2O. The number of aromatic nitrogens is 1. The van der Waals surface area contributed by atoms with Crippen molar-refractivity contribution in [1.29, 1.82) is 0 Å². The Labute approximate surface area is 164 Å². The van der Waals surface area contributed by atoms with E-state index in [1.165, 1.54) is 16.6 Å². The third-order valence-electron chi connectivity index (χ3n) is 5.05. The first-order valence-corrected chi connectivity index (χ1v) is 9.58. The van der Waals surface area contributed by atoms with Crippen molar-refractivity contribution in [3.8, 4) is 11.3 Å². The summed E-state index contributed by atoms with van der Waals surface area (Å²) in [6.07, 6.45) is 0.968. The normalized spacial score (nSPS) is 12.7. The molecule has 1 unspecified atom stereocenters. The number of benzene rings is 2. The van der Waals surface area contributed by atoms with Gasteiger partial charge in [-0.3, -0.25) is 4.90 Å². The molecule has 0 saturated heterocycles. The monoisotopic (exact) mass is 378 g/mol. The fourth-order valence-electron chi connectivity index (χ4n) is 3.35. The molecule has 27 heavy (non-hydrogen) atoms. The van der Waals surface area contributed by atoms with Crippen LogP contribution in [0.25, 0.3) is 22.2 Å². The molecule has 2 aromatic heterocycles. The smallest absolute Gasteiger partial charge is 0.134 e. The van der Waals surface area contributed by atoms with Crippen LogP contribution in [-0.2, 0) is 13.0 Å². The number of furan rings is 1. The highest BCUT2D eigenvalue weighted by atomic mass is 35.5. The second-order valence-corrected chi connectivity index (χ2v) is 7.56. The summed E-state index contributed by atoms with van der Waals surface area (Å²) in [5.41, 5.74) is 3.50. The lowest BCUT2D eigenvalue weighted by atomic mass is 10.1. The van der Waals surface area contributed by atoms with E-state index in [0.29, 0.717) is 6.04 Å². The van der Waals surface area contributed by atoms with Crippen molar-refractivity contribution in [2.24, 2.45) is 0 Å². The van der Waals surface area contributed by atoms with E-state index in [1.807, 2.05) is 30.3 Å². The Hall–Kier alpha value is -2.49. The molecule has 4 aromatic rings. The summed E-state index contributed by atoms with van der Waals surface area (Å²) >= 11 is 5.96. The van der Waals surface area contributed by atoms with Crippen molar-refractivity contribution in [2.75, 3.05) is 7.05 Å². The van der Waals surface area contributed by atoms with Gasteiger partial charge in [0.1, 0.15) is 11.5 Å². The van der Waals surface area contributed by atoms with Crippen molar-refractivity contribution in [3.63, 3.8) is 0 Å². The minimum absolute atomic E-state index is 0.391. The van der Waals surface area contributed by atoms with Crippen LogP contribution in [0.5, 0.6) is 0 Å². The molecule has 1 N–H and O–H groups in total. The van der Waals surface area contributed by atoms with E-state index < -0.39 is 0 Å². The fraction of sp³-hybridized carbons (Fsp3) is 0.217. The van der Waals surface area contributed by atoms with Gasteiger partial charge in [-0.25, -0.2) is 0 Å². The summed E-state index contributed by atoms with van der Waals surface area (Å²) in [4.78, 5) is 5.83. The van der Waals surface area contributed by atoms with Gasteiger partial charge < -0.3 is 9.40 Å². The number of H-pyrrole nitrogens is 1. The maximum Gasteiger partial charge on any atom is 0.134 e. The largest absolute Gasteiger partial charge is 0.460 e. The minimum atomic E-state index is 0.391. The topological polar surface area (TPSA) is 32.2 Å². The molecule has 0 aliphatic heterocycles. The summed E-state index contributed by atoms with van der Waals surface area (Å²) in [6.45, 7) is 3.02. The lowest BCUT2D eigenvalue weighted by Crippen LogP contribution is -2.30. The lowest BCUT2D eigenvalue weighted by molar-refractivity contribution is 0.228. The van der Waals surface area contributed by atoms with Crippen LogP contribution in [0.2, 0.25) is 5.02 Å². The first kappa shape index (κ1) is 17.9. The van der Waals surface area contributed by atoms with Gasteiger partial charge in [0.05, 0.1) is 6.54 Å². The predicted octanol–water partition coefficient (Wildman–Crippen LogP) is 6.14. The number of nitrogens with one attached hydrogen (secondary N) is 1. The van der Waals surface area contributed by atoms with Gasteiger partial charge in [-0.15, -0.1) is 0 Å². The molecule has 1 atom stereocenters. The molecular weight excluding hydrogens is 356 g/mol. The number of aromatic amines is 1. The maximum atomic E-state index is 6.04. The zero-order valence-electron chi connectivity index (χ0n) is 15.6. The number of fused-ring (bicyclic) bond motifs is 1. The van der Waals surface area contributed by atoms with Gasteiger partial charge >= 0.3 is 0 Å². The standard InChI is InChI=1S/C23H23ClN2O/c1-16(13-20-14-18-5-3-4-6-22(18)25-20)26(2)15-21-11-12-23(27-21)17-7-9-19(24)10-8-17/h3-12,14,16,25H,13,15H2,1-2H3. The van der Waals surface area contributed by atoms with Crippen LogP contribution in [0.1, 0.15) is 18.4 Å². The van der Waals surface area contributed by atoms with Crippen molar-refractivity contribution in [2.45, 2.75) is 25.9 Å². The van der Waals surface area contributed by atoms with Crippen LogP contribution < -0.4 is 0 Å². The second-order valence-electron chi connectivity index (χ2n) is 7.12.